The lowest BCUT2D eigenvalue weighted by molar-refractivity contribution is -0.151. The van der Waals surface area contributed by atoms with E-state index in [1.54, 1.807) is 18.3 Å². The van der Waals surface area contributed by atoms with Crippen LogP contribution in [0, 0.1) is 5.92 Å². The maximum Gasteiger partial charge on any atom is 0.318 e. The fourth-order valence-corrected chi connectivity index (χ4v) is 2.04. The van der Waals surface area contributed by atoms with Crippen LogP contribution in [0.25, 0.3) is 0 Å². The molecule has 1 aromatic rings. The monoisotopic (exact) mass is 262 g/mol. The van der Waals surface area contributed by atoms with E-state index in [4.69, 9.17) is 0 Å². The molecule has 1 unspecified atom stereocenters. The van der Waals surface area contributed by atoms with Crippen molar-refractivity contribution in [3.63, 3.8) is 0 Å². The van der Waals surface area contributed by atoms with Crippen molar-refractivity contribution >= 4 is 17.7 Å². The number of rotatable bonds is 2. The minimum Gasteiger partial charge on any atom is -0.468 e. The van der Waals surface area contributed by atoms with Gasteiger partial charge in [0.05, 0.1) is 12.7 Å². The maximum absolute atomic E-state index is 12.2. The Morgan fingerprint density at radius 1 is 1.47 bits per heavy atom. The van der Waals surface area contributed by atoms with Gasteiger partial charge in [-0.25, -0.2) is 0 Å². The molecule has 1 amide bonds. The summed E-state index contributed by atoms with van der Waals surface area (Å²) in [5, 5.41) is 0. The van der Waals surface area contributed by atoms with Crippen LogP contribution < -0.4 is 0 Å². The van der Waals surface area contributed by atoms with Crippen LogP contribution >= 0.6 is 0 Å². The first-order chi connectivity index (χ1) is 9.13. The third-order valence-corrected chi connectivity index (χ3v) is 3.10. The summed E-state index contributed by atoms with van der Waals surface area (Å²) in [7, 11) is 1.23. The Morgan fingerprint density at radius 3 is 2.89 bits per heavy atom. The number of aromatic nitrogens is 1. The summed E-state index contributed by atoms with van der Waals surface area (Å²) >= 11 is 0. The van der Waals surface area contributed by atoms with Crippen LogP contribution in [0.1, 0.15) is 16.8 Å². The zero-order valence-electron chi connectivity index (χ0n) is 10.5. The molecule has 6 nitrogen and oxygen atoms in total. The number of piperidine rings is 1. The molecule has 19 heavy (non-hydrogen) atoms. The van der Waals surface area contributed by atoms with E-state index in [1.807, 2.05) is 0 Å². The second-order valence-corrected chi connectivity index (χ2v) is 4.28. The molecule has 0 N–H and O–H groups in total. The van der Waals surface area contributed by atoms with Gasteiger partial charge in [-0.15, -0.1) is 0 Å². The van der Waals surface area contributed by atoms with Crippen LogP contribution in [0.4, 0.5) is 0 Å². The van der Waals surface area contributed by atoms with Crippen LogP contribution in [-0.2, 0) is 14.3 Å². The third kappa shape index (κ3) is 2.78. The van der Waals surface area contributed by atoms with Crippen molar-refractivity contribution in [2.75, 3.05) is 20.2 Å². The van der Waals surface area contributed by atoms with Gasteiger partial charge in [0.25, 0.3) is 5.91 Å². The molecule has 1 saturated heterocycles. The third-order valence-electron chi connectivity index (χ3n) is 3.10. The number of likely N-dealkylation sites (tertiary alicyclic amines) is 1. The van der Waals surface area contributed by atoms with Crippen LogP contribution in [-0.4, -0.2) is 47.7 Å². The van der Waals surface area contributed by atoms with Gasteiger partial charge in [0.15, 0.2) is 5.78 Å². The van der Waals surface area contributed by atoms with Gasteiger partial charge in [-0.05, 0) is 12.1 Å². The summed E-state index contributed by atoms with van der Waals surface area (Å²) in [4.78, 5) is 40.7. The molecule has 0 radical (unpaired) electrons. The quantitative estimate of drug-likeness (QED) is 0.565. The zero-order valence-corrected chi connectivity index (χ0v) is 10.5. The van der Waals surface area contributed by atoms with Gasteiger partial charge < -0.3 is 9.64 Å². The summed E-state index contributed by atoms with van der Waals surface area (Å²) in [6, 6.07) is 3.32. The highest BCUT2D eigenvalue weighted by molar-refractivity contribution is 6.02. The van der Waals surface area contributed by atoms with E-state index in [-0.39, 0.29) is 24.7 Å². The lowest BCUT2D eigenvalue weighted by Gasteiger charge is -2.30. The lowest BCUT2D eigenvalue weighted by Crippen LogP contribution is -2.47. The second-order valence-electron chi connectivity index (χ2n) is 4.28. The molecule has 2 rings (SSSR count). The molecule has 1 aliphatic rings. The molecule has 0 saturated carbocycles. The summed E-state index contributed by atoms with van der Waals surface area (Å²) in [5.41, 5.74) is 0.445. The first-order valence-electron chi connectivity index (χ1n) is 5.93. The molecule has 2 heterocycles. The number of hydrogen-bond donors (Lipinski definition) is 0. The van der Waals surface area contributed by atoms with E-state index in [9.17, 15) is 14.4 Å². The first-order valence-corrected chi connectivity index (χ1v) is 5.93. The van der Waals surface area contributed by atoms with Gasteiger partial charge in [0.1, 0.15) is 5.92 Å². The Kier molecular flexibility index (Phi) is 3.89. The van der Waals surface area contributed by atoms with Gasteiger partial charge in [0, 0.05) is 31.9 Å². The average Bonchev–Trinajstić information content (AvgIpc) is 2.47. The van der Waals surface area contributed by atoms with Crippen LogP contribution in [0.5, 0.6) is 0 Å². The van der Waals surface area contributed by atoms with Gasteiger partial charge in [-0.1, -0.05) is 0 Å². The van der Waals surface area contributed by atoms with E-state index in [0.29, 0.717) is 12.1 Å². The number of methoxy groups -OCH3 is 1. The number of carbonyl (C=O) groups excluding carboxylic acids is 3. The number of ketones is 1. The molecule has 1 atom stereocenters. The Morgan fingerprint density at radius 2 is 2.26 bits per heavy atom. The number of Topliss-reactive ketones (excluding diaryl/α,β-unsaturated/α-hetero) is 1. The molecule has 6 heteroatoms. The molecule has 100 valence electrons. The molecular weight excluding hydrogens is 248 g/mol. The molecule has 1 aliphatic heterocycles. The van der Waals surface area contributed by atoms with E-state index >= 15 is 0 Å². The van der Waals surface area contributed by atoms with E-state index in [1.165, 1.54) is 18.2 Å². The molecule has 1 fully saturated rings. The van der Waals surface area contributed by atoms with Crippen LogP contribution in [0.2, 0.25) is 0 Å². The minimum absolute atomic E-state index is 0.0687. The van der Waals surface area contributed by atoms with Gasteiger partial charge in [0.2, 0.25) is 0 Å². The lowest BCUT2D eigenvalue weighted by atomic mass is 9.96. The Labute approximate surface area is 110 Å². The standard InChI is InChI=1S/C13H14N2O4/c1-19-13(18)10-8-15(6-4-11(10)16)12(17)9-3-2-5-14-7-9/h2-3,5,7,10H,4,6,8H2,1H3. The van der Waals surface area contributed by atoms with Crippen LogP contribution in [0.3, 0.4) is 0 Å². The minimum atomic E-state index is -0.876. The predicted octanol–water partition coefficient (Wildman–Crippen LogP) is 0.286. The summed E-state index contributed by atoms with van der Waals surface area (Å²) in [6.45, 7) is 0.388. The number of pyridine rings is 1. The smallest absolute Gasteiger partial charge is 0.318 e. The maximum atomic E-state index is 12.2. The summed E-state index contributed by atoms with van der Waals surface area (Å²) < 4.78 is 4.58. The number of nitrogens with zero attached hydrogens (tertiary/aromatic N) is 2. The zero-order chi connectivity index (χ0) is 13.8. The Bertz CT molecular complexity index is 493. The van der Waals surface area contributed by atoms with Crippen molar-refractivity contribution in [2.45, 2.75) is 6.42 Å². The van der Waals surface area contributed by atoms with Gasteiger partial charge in [-0.2, -0.15) is 0 Å². The Balaban J connectivity index is 2.12. The highest BCUT2D eigenvalue weighted by Crippen LogP contribution is 2.16. The molecule has 0 aliphatic carbocycles. The number of carbonyl (C=O) groups is 3. The van der Waals surface area contributed by atoms with Crippen molar-refractivity contribution in [3.05, 3.63) is 30.1 Å². The van der Waals surface area contributed by atoms with Crippen molar-refractivity contribution in [3.8, 4) is 0 Å². The summed E-state index contributed by atoms with van der Waals surface area (Å²) in [6.07, 6.45) is 3.21. The topological polar surface area (TPSA) is 76.6 Å². The fourth-order valence-electron chi connectivity index (χ4n) is 2.04. The Hall–Kier alpha value is -2.24. The number of ether oxygens (including phenoxy) is 1. The molecule has 0 spiro atoms. The first kappa shape index (κ1) is 13.2. The van der Waals surface area contributed by atoms with Crippen molar-refractivity contribution < 1.29 is 19.1 Å². The number of hydrogen-bond acceptors (Lipinski definition) is 5. The van der Waals surface area contributed by atoms with Crippen molar-refractivity contribution in [1.82, 2.24) is 9.88 Å². The highest BCUT2D eigenvalue weighted by atomic mass is 16.5. The highest BCUT2D eigenvalue weighted by Gasteiger charge is 2.35. The SMILES string of the molecule is COC(=O)C1CN(C(=O)c2cccnc2)CCC1=O. The molecule has 0 bridgehead atoms. The average molecular weight is 262 g/mol. The fraction of sp³-hybridized carbons (Fsp3) is 0.385. The van der Waals surface area contributed by atoms with E-state index in [2.05, 4.69) is 9.72 Å². The van der Waals surface area contributed by atoms with E-state index in [0.717, 1.165) is 0 Å². The van der Waals surface area contributed by atoms with Crippen molar-refractivity contribution in [2.24, 2.45) is 5.92 Å². The normalized spacial score (nSPS) is 19.1. The molecule has 0 aromatic carbocycles. The number of esters is 1. The second kappa shape index (κ2) is 5.60. The van der Waals surface area contributed by atoms with Gasteiger partial charge in [-0.3, -0.25) is 19.4 Å². The summed E-state index contributed by atoms with van der Waals surface area (Å²) in [5.74, 6) is -1.87. The largest absolute Gasteiger partial charge is 0.468 e. The number of amides is 1. The van der Waals surface area contributed by atoms with Gasteiger partial charge >= 0.3 is 5.97 Å². The van der Waals surface area contributed by atoms with Crippen molar-refractivity contribution in [1.29, 1.82) is 0 Å². The molecular formula is C13H14N2O4. The van der Waals surface area contributed by atoms with E-state index < -0.39 is 11.9 Å². The van der Waals surface area contributed by atoms with Crippen LogP contribution in [0.15, 0.2) is 24.5 Å². The molecule has 1 aromatic heterocycles. The predicted molar refractivity (Wildman–Crippen MR) is 65.3 cm³/mol.